The molecule has 0 amide bonds. The van der Waals surface area contributed by atoms with Crippen molar-refractivity contribution < 1.29 is 4.74 Å². The number of nitrogens with two attached hydrogens (primary N) is 1. The van der Waals surface area contributed by atoms with E-state index in [1.165, 1.54) is 37.7 Å². The number of benzene rings is 1. The first kappa shape index (κ1) is 15.1. The van der Waals surface area contributed by atoms with E-state index in [0.717, 1.165) is 11.5 Å². The molecule has 1 fully saturated rings. The van der Waals surface area contributed by atoms with Crippen LogP contribution in [0.25, 0.3) is 0 Å². The van der Waals surface area contributed by atoms with Gasteiger partial charge in [-0.2, -0.15) is 0 Å². The average Bonchev–Trinajstić information content (AvgIpc) is 2.52. The Morgan fingerprint density at radius 3 is 2.75 bits per heavy atom. The maximum Gasteiger partial charge on any atom is 0.0720 e. The molecule has 0 saturated heterocycles. The second kappa shape index (κ2) is 8.09. The molecule has 2 unspecified atom stereocenters. The van der Waals surface area contributed by atoms with Gasteiger partial charge in [0.25, 0.3) is 0 Å². The van der Waals surface area contributed by atoms with E-state index in [4.69, 9.17) is 10.5 Å². The molecule has 2 atom stereocenters. The fourth-order valence-corrected chi connectivity index (χ4v) is 2.82. The quantitative estimate of drug-likeness (QED) is 0.851. The lowest BCUT2D eigenvalue weighted by atomic mass is 9.85. The molecular weight excluding hydrogens is 246 g/mol. The SMILES string of the molecule is CCC1CCCC(OCc2ccc(C#CCN)cc2)C1. The summed E-state index contributed by atoms with van der Waals surface area (Å²) in [7, 11) is 0. The minimum absolute atomic E-state index is 0.408. The molecule has 0 bridgehead atoms. The van der Waals surface area contributed by atoms with Crippen LogP contribution in [0.1, 0.15) is 50.2 Å². The van der Waals surface area contributed by atoms with E-state index in [9.17, 15) is 0 Å². The van der Waals surface area contributed by atoms with Crippen LogP contribution in [0.15, 0.2) is 24.3 Å². The van der Waals surface area contributed by atoms with Gasteiger partial charge in [0.2, 0.25) is 0 Å². The van der Waals surface area contributed by atoms with Crippen molar-refractivity contribution in [3.63, 3.8) is 0 Å². The van der Waals surface area contributed by atoms with Crippen LogP contribution in [0.4, 0.5) is 0 Å². The molecule has 1 aromatic carbocycles. The van der Waals surface area contributed by atoms with Gasteiger partial charge in [-0.25, -0.2) is 0 Å². The monoisotopic (exact) mass is 271 g/mol. The smallest absolute Gasteiger partial charge is 0.0720 e. The van der Waals surface area contributed by atoms with E-state index >= 15 is 0 Å². The van der Waals surface area contributed by atoms with Crippen LogP contribution in [0.3, 0.4) is 0 Å². The Balaban J connectivity index is 1.81. The molecule has 1 aliphatic rings. The number of rotatable bonds is 4. The van der Waals surface area contributed by atoms with E-state index < -0.39 is 0 Å². The minimum atomic E-state index is 0.408. The van der Waals surface area contributed by atoms with Crippen LogP contribution in [0.2, 0.25) is 0 Å². The molecule has 0 aromatic heterocycles. The van der Waals surface area contributed by atoms with Gasteiger partial charge in [0.05, 0.1) is 19.3 Å². The molecule has 1 saturated carbocycles. The van der Waals surface area contributed by atoms with E-state index in [-0.39, 0.29) is 0 Å². The molecule has 0 radical (unpaired) electrons. The molecule has 0 spiro atoms. The average molecular weight is 271 g/mol. The predicted octanol–water partition coefficient (Wildman–Crippen LogP) is 3.48. The molecule has 2 heteroatoms. The van der Waals surface area contributed by atoms with E-state index in [0.29, 0.717) is 19.3 Å². The second-order valence-corrected chi connectivity index (χ2v) is 5.58. The summed E-state index contributed by atoms with van der Waals surface area (Å²) in [5.41, 5.74) is 7.61. The van der Waals surface area contributed by atoms with Crippen molar-refractivity contribution in [1.29, 1.82) is 0 Å². The third kappa shape index (κ3) is 4.67. The zero-order chi connectivity index (χ0) is 14.2. The highest BCUT2D eigenvalue weighted by Crippen LogP contribution is 2.28. The van der Waals surface area contributed by atoms with Crippen LogP contribution in [-0.2, 0) is 11.3 Å². The van der Waals surface area contributed by atoms with Gasteiger partial charge >= 0.3 is 0 Å². The van der Waals surface area contributed by atoms with Gasteiger partial charge in [0, 0.05) is 5.56 Å². The summed E-state index contributed by atoms with van der Waals surface area (Å²) >= 11 is 0. The Morgan fingerprint density at radius 2 is 2.05 bits per heavy atom. The minimum Gasteiger partial charge on any atom is -0.374 e. The first-order valence-corrected chi connectivity index (χ1v) is 7.71. The van der Waals surface area contributed by atoms with Crippen molar-refractivity contribution in [3.8, 4) is 11.8 Å². The van der Waals surface area contributed by atoms with Crippen molar-refractivity contribution in [2.75, 3.05) is 6.54 Å². The molecule has 1 aromatic rings. The van der Waals surface area contributed by atoms with Crippen LogP contribution < -0.4 is 5.73 Å². The highest BCUT2D eigenvalue weighted by atomic mass is 16.5. The van der Waals surface area contributed by atoms with Crippen LogP contribution in [0.5, 0.6) is 0 Å². The molecular formula is C18H25NO. The number of hydrogen-bond donors (Lipinski definition) is 1. The van der Waals surface area contributed by atoms with Gasteiger partial charge < -0.3 is 10.5 Å². The predicted molar refractivity (Wildman–Crippen MR) is 83.2 cm³/mol. The molecule has 1 aliphatic carbocycles. The van der Waals surface area contributed by atoms with Crippen LogP contribution in [0, 0.1) is 17.8 Å². The fourth-order valence-electron chi connectivity index (χ4n) is 2.82. The maximum atomic E-state index is 6.07. The third-order valence-electron chi connectivity index (χ3n) is 4.09. The summed E-state index contributed by atoms with van der Waals surface area (Å²) in [6.07, 6.45) is 6.88. The van der Waals surface area contributed by atoms with Crippen LogP contribution in [-0.4, -0.2) is 12.6 Å². The normalized spacial score (nSPS) is 22.1. The zero-order valence-corrected chi connectivity index (χ0v) is 12.4. The van der Waals surface area contributed by atoms with E-state index in [2.05, 4.69) is 30.9 Å². The maximum absolute atomic E-state index is 6.07. The van der Waals surface area contributed by atoms with Crippen LogP contribution >= 0.6 is 0 Å². The largest absolute Gasteiger partial charge is 0.374 e. The Labute approximate surface area is 122 Å². The summed E-state index contributed by atoms with van der Waals surface area (Å²) in [6.45, 7) is 3.41. The standard InChI is InChI=1S/C18H25NO/c1-2-15-5-3-7-18(13-15)20-14-17-10-8-16(9-11-17)6-4-12-19/h8-11,15,18H,2-3,5,7,12-14,19H2,1H3. The molecule has 108 valence electrons. The van der Waals surface area contributed by atoms with E-state index in [1.807, 2.05) is 12.1 Å². The van der Waals surface area contributed by atoms with Crippen molar-refractivity contribution in [1.82, 2.24) is 0 Å². The Kier molecular flexibility index (Phi) is 6.11. The van der Waals surface area contributed by atoms with Gasteiger partial charge in [0.1, 0.15) is 0 Å². The van der Waals surface area contributed by atoms with Crippen molar-refractivity contribution in [3.05, 3.63) is 35.4 Å². The van der Waals surface area contributed by atoms with Gasteiger partial charge in [0.15, 0.2) is 0 Å². The van der Waals surface area contributed by atoms with Crippen molar-refractivity contribution in [2.45, 2.75) is 51.7 Å². The summed E-state index contributed by atoms with van der Waals surface area (Å²) < 4.78 is 6.07. The lowest BCUT2D eigenvalue weighted by molar-refractivity contribution is 0.00177. The summed E-state index contributed by atoms with van der Waals surface area (Å²) in [4.78, 5) is 0. The fraction of sp³-hybridized carbons (Fsp3) is 0.556. The lowest BCUT2D eigenvalue weighted by Crippen LogP contribution is -2.22. The third-order valence-corrected chi connectivity index (χ3v) is 4.09. The first-order chi connectivity index (χ1) is 9.81. The van der Waals surface area contributed by atoms with E-state index in [1.54, 1.807) is 0 Å². The Bertz CT molecular complexity index is 455. The van der Waals surface area contributed by atoms with Gasteiger partial charge in [-0.1, -0.05) is 50.2 Å². The number of hydrogen-bond acceptors (Lipinski definition) is 2. The molecule has 2 N–H and O–H groups in total. The topological polar surface area (TPSA) is 35.2 Å². The number of ether oxygens (including phenoxy) is 1. The first-order valence-electron chi connectivity index (χ1n) is 7.71. The van der Waals surface area contributed by atoms with Gasteiger partial charge in [-0.05, 0) is 36.5 Å². The molecule has 2 rings (SSSR count). The highest BCUT2D eigenvalue weighted by Gasteiger charge is 2.20. The van der Waals surface area contributed by atoms with Crippen molar-refractivity contribution in [2.24, 2.45) is 11.7 Å². The lowest BCUT2D eigenvalue weighted by Gasteiger charge is -2.28. The molecule has 0 aliphatic heterocycles. The molecule has 20 heavy (non-hydrogen) atoms. The summed E-state index contributed by atoms with van der Waals surface area (Å²) in [5, 5.41) is 0. The summed E-state index contributed by atoms with van der Waals surface area (Å²) in [6, 6.07) is 8.27. The Hall–Kier alpha value is -1.30. The zero-order valence-electron chi connectivity index (χ0n) is 12.4. The second-order valence-electron chi connectivity index (χ2n) is 5.58. The van der Waals surface area contributed by atoms with Crippen molar-refractivity contribution >= 4 is 0 Å². The summed E-state index contributed by atoms with van der Waals surface area (Å²) in [5.74, 6) is 6.76. The molecule has 2 nitrogen and oxygen atoms in total. The highest BCUT2D eigenvalue weighted by molar-refractivity contribution is 5.36. The molecule has 0 heterocycles. The van der Waals surface area contributed by atoms with Gasteiger partial charge in [-0.3, -0.25) is 0 Å². The van der Waals surface area contributed by atoms with Gasteiger partial charge in [-0.15, -0.1) is 0 Å². The Morgan fingerprint density at radius 1 is 1.25 bits per heavy atom.